The van der Waals surface area contributed by atoms with E-state index in [1.807, 2.05) is 0 Å². The number of nitrogens with zero attached hydrogens (tertiary/aromatic N) is 1. The van der Waals surface area contributed by atoms with Gasteiger partial charge in [0.2, 0.25) is 0 Å². The number of rotatable bonds is 0. The average molecular weight is 225 g/mol. The van der Waals surface area contributed by atoms with E-state index in [4.69, 9.17) is 21.0 Å². The first kappa shape index (κ1) is 11.2. The van der Waals surface area contributed by atoms with E-state index < -0.39 is 17.8 Å². The Balaban J connectivity index is 2.13. The van der Waals surface area contributed by atoms with Crippen molar-refractivity contribution in [1.29, 1.82) is 0 Å². The molecule has 88 valence electrons. The van der Waals surface area contributed by atoms with Crippen LogP contribution >= 0.6 is 0 Å². The predicted molar refractivity (Wildman–Crippen MR) is 56.1 cm³/mol. The Hall–Kier alpha value is -1.25. The maximum Gasteiger partial charge on any atom is 0.407 e. The SMILES string of the molecule is C#CC1CN(C(=O)O)CC2(CCOCC2)O1. The zero-order chi connectivity index (χ0) is 11.6. The first-order valence-corrected chi connectivity index (χ1v) is 5.35. The molecule has 0 radical (unpaired) electrons. The van der Waals surface area contributed by atoms with Gasteiger partial charge in [0.05, 0.1) is 18.7 Å². The lowest BCUT2D eigenvalue weighted by Gasteiger charge is -2.45. The molecule has 1 atom stereocenters. The van der Waals surface area contributed by atoms with Gasteiger partial charge in [-0.2, -0.15) is 0 Å². The van der Waals surface area contributed by atoms with Crippen molar-refractivity contribution in [2.45, 2.75) is 24.5 Å². The maximum atomic E-state index is 11.0. The van der Waals surface area contributed by atoms with E-state index in [1.165, 1.54) is 4.90 Å². The molecule has 2 aliphatic rings. The Kier molecular flexibility index (Phi) is 3.03. The summed E-state index contributed by atoms with van der Waals surface area (Å²) in [5.74, 6) is 2.49. The van der Waals surface area contributed by atoms with Gasteiger partial charge in [-0.15, -0.1) is 6.42 Å². The third-order valence-corrected chi connectivity index (χ3v) is 3.12. The fourth-order valence-electron chi connectivity index (χ4n) is 2.24. The van der Waals surface area contributed by atoms with Crippen LogP contribution in [0.4, 0.5) is 4.79 Å². The highest BCUT2D eigenvalue weighted by Crippen LogP contribution is 2.31. The summed E-state index contributed by atoms with van der Waals surface area (Å²) in [5.41, 5.74) is -0.439. The lowest BCUT2D eigenvalue weighted by atomic mass is 9.91. The smallest absolute Gasteiger partial charge is 0.407 e. The topological polar surface area (TPSA) is 59.0 Å². The van der Waals surface area contributed by atoms with Gasteiger partial charge < -0.3 is 19.5 Å². The standard InChI is InChI=1S/C11H15NO4/c1-2-9-7-12(10(13)14)8-11(16-9)3-5-15-6-4-11/h1,9H,3-8H2,(H,13,14). The molecule has 0 bridgehead atoms. The van der Waals surface area contributed by atoms with Crippen LogP contribution in [0.3, 0.4) is 0 Å². The van der Waals surface area contributed by atoms with Crippen molar-refractivity contribution in [1.82, 2.24) is 4.90 Å². The summed E-state index contributed by atoms with van der Waals surface area (Å²) < 4.78 is 11.1. The molecule has 0 aliphatic carbocycles. The molecule has 1 N–H and O–H groups in total. The lowest BCUT2D eigenvalue weighted by Crippen LogP contribution is -2.58. The van der Waals surface area contributed by atoms with Gasteiger partial charge in [0, 0.05) is 26.1 Å². The second kappa shape index (κ2) is 4.32. The van der Waals surface area contributed by atoms with Gasteiger partial charge in [-0.3, -0.25) is 0 Å². The molecule has 16 heavy (non-hydrogen) atoms. The van der Waals surface area contributed by atoms with E-state index in [-0.39, 0.29) is 6.54 Å². The Morgan fingerprint density at radius 1 is 1.50 bits per heavy atom. The van der Waals surface area contributed by atoms with Crippen LogP contribution in [0.2, 0.25) is 0 Å². The second-order valence-corrected chi connectivity index (χ2v) is 4.23. The molecule has 0 aromatic carbocycles. The minimum atomic E-state index is -0.936. The molecular weight excluding hydrogens is 210 g/mol. The van der Waals surface area contributed by atoms with Crippen LogP contribution in [0, 0.1) is 12.3 Å². The van der Waals surface area contributed by atoms with Gasteiger partial charge in [-0.1, -0.05) is 5.92 Å². The van der Waals surface area contributed by atoms with Gasteiger partial charge >= 0.3 is 6.09 Å². The predicted octanol–water partition coefficient (Wildman–Crippen LogP) is 0.548. The molecule has 1 unspecified atom stereocenters. The molecule has 1 amide bonds. The monoisotopic (exact) mass is 225 g/mol. The molecule has 2 heterocycles. The van der Waals surface area contributed by atoms with Crippen molar-refractivity contribution in [2.24, 2.45) is 0 Å². The molecular formula is C11H15NO4. The zero-order valence-electron chi connectivity index (χ0n) is 9.02. The summed E-state index contributed by atoms with van der Waals surface area (Å²) in [6.07, 6.45) is 5.36. The summed E-state index contributed by atoms with van der Waals surface area (Å²) in [4.78, 5) is 12.4. The van der Waals surface area contributed by atoms with Crippen molar-refractivity contribution >= 4 is 6.09 Å². The Morgan fingerprint density at radius 2 is 2.19 bits per heavy atom. The van der Waals surface area contributed by atoms with E-state index in [0.717, 1.165) is 0 Å². The molecule has 2 rings (SSSR count). The third kappa shape index (κ3) is 2.13. The number of hydrogen-bond donors (Lipinski definition) is 1. The largest absolute Gasteiger partial charge is 0.465 e. The van der Waals surface area contributed by atoms with Crippen molar-refractivity contribution in [3.8, 4) is 12.3 Å². The second-order valence-electron chi connectivity index (χ2n) is 4.23. The maximum absolute atomic E-state index is 11.0. The molecule has 0 aromatic heterocycles. The van der Waals surface area contributed by atoms with Crippen LogP contribution in [0.15, 0.2) is 0 Å². The quantitative estimate of drug-likeness (QED) is 0.611. The fraction of sp³-hybridized carbons (Fsp3) is 0.727. The van der Waals surface area contributed by atoms with E-state index in [0.29, 0.717) is 32.6 Å². The number of carbonyl (C=O) groups is 1. The summed E-state index contributed by atoms with van der Waals surface area (Å²) >= 11 is 0. The highest BCUT2D eigenvalue weighted by molar-refractivity contribution is 5.65. The van der Waals surface area contributed by atoms with Crippen LogP contribution < -0.4 is 0 Å². The highest BCUT2D eigenvalue weighted by Gasteiger charge is 2.43. The summed E-state index contributed by atoms with van der Waals surface area (Å²) in [5, 5.41) is 9.04. The van der Waals surface area contributed by atoms with E-state index >= 15 is 0 Å². The minimum absolute atomic E-state index is 0.258. The van der Waals surface area contributed by atoms with Crippen LogP contribution in [0.1, 0.15) is 12.8 Å². The van der Waals surface area contributed by atoms with Gasteiger partial charge in [0.25, 0.3) is 0 Å². The summed E-state index contributed by atoms with van der Waals surface area (Å²) in [6.45, 7) is 1.85. The third-order valence-electron chi connectivity index (χ3n) is 3.12. The van der Waals surface area contributed by atoms with E-state index in [1.54, 1.807) is 0 Å². The average Bonchev–Trinajstić information content (AvgIpc) is 2.29. The molecule has 2 fully saturated rings. The molecule has 5 nitrogen and oxygen atoms in total. The summed E-state index contributed by atoms with van der Waals surface area (Å²) in [6, 6.07) is 0. The normalized spacial score (nSPS) is 28.7. The molecule has 0 saturated carbocycles. The van der Waals surface area contributed by atoms with Gasteiger partial charge in [0.15, 0.2) is 0 Å². The Bertz CT molecular complexity index is 316. The van der Waals surface area contributed by atoms with Gasteiger partial charge in [0.1, 0.15) is 6.10 Å². The number of amides is 1. The Morgan fingerprint density at radius 3 is 2.75 bits per heavy atom. The van der Waals surface area contributed by atoms with Crippen molar-refractivity contribution < 1.29 is 19.4 Å². The number of morpholine rings is 1. The molecule has 2 saturated heterocycles. The first-order valence-electron chi connectivity index (χ1n) is 5.35. The Labute approximate surface area is 94.3 Å². The van der Waals surface area contributed by atoms with Crippen molar-refractivity contribution in [3.05, 3.63) is 0 Å². The summed E-state index contributed by atoms with van der Waals surface area (Å²) in [7, 11) is 0. The molecule has 0 aromatic rings. The van der Waals surface area contributed by atoms with Crippen molar-refractivity contribution in [3.63, 3.8) is 0 Å². The highest BCUT2D eigenvalue weighted by atomic mass is 16.5. The number of hydrogen-bond acceptors (Lipinski definition) is 3. The first-order chi connectivity index (χ1) is 7.65. The van der Waals surface area contributed by atoms with Gasteiger partial charge in [-0.25, -0.2) is 4.79 Å². The van der Waals surface area contributed by atoms with Crippen LogP contribution in [-0.4, -0.2) is 54.1 Å². The zero-order valence-corrected chi connectivity index (χ0v) is 9.02. The van der Waals surface area contributed by atoms with E-state index in [2.05, 4.69) is 5.92 Å². The van der Waals surface area contributed by atoms with Crippen LogP contribution in [0.25, 0.3) is 0 Å². The van der Waals surface area contributed by atoms with E-state index in [9.17, 15) is 4.79 Å². The lowest BCUT2D eigenvalue weighted by molar-refractivity contribution is -0.167. The molecule has 1 spiro atoms. The van der Waals surface area contributed by atoms with Crippen LogP contribution in [0.5, 0.6) is 0 Å². The number of carboxylic acid groups (broad SMARTS) is 1. The number of ether oxygens (including phenoxy) is 2. The van der Waals surface area contributed by atoms with Crippen LogP contribution in [-0.2, 0) is 9.47 Å². The number of terminal acetylenes is 1. The molecule has 2 aliphatic heterocycles. The fourth-order valence-corrected chi connectivity index (χ4v) is 2.24. The van der Waals surface area contributed by atoms with Gasteiger partial charge in [-0.05, 0) is 0 Å². The molecule has 5 heteroatoms. The minimum Gasteiger partial charge on any atom is -0.465 e. The van der Waals surface area contributed by atoms with Crippen molar-refractivity contribution in [2.75, 3.05) is 26.3 Å².